The molecule has 172 valence electrons. The van der Waals surface area contributed by atoms with E-state index in [2.05, 4.69) is 52.0 Å². The number of fused-ring (bicyclic) bond motifs is 2. The summed E-state index contributed by atoms with van der Waals surface area (Å²) in [6.45, 7) is 1.38. The first-order valence-corrected chi connectivity index (χ1v) is 11.7. The Labute approximate surface area is 199 Å². The summed E-state index contributed by atoms with van der Waals surface area (Å²) in [6.07, 6.45) is 3.24. The summed E-state index contributed by atoms with van der Waals surface area (Å²) in [7, 11) is 0. The summed E-state index contributed by atoms with van der Waals surface area (Å²) in [5, 5.41) is 11.7. The van der Waals surface area contributed by atoms with Gasteiger partial charge in [0.2, 0.25) is 5.91 Å². The van der Waals surface area contributed by atoms with Crippen LogP contribution in [0.4, 0.5) is 0 Å². The fourth-order valence-electron chi connectivity index (χ4n) is 4.35. The number of aryl methyl sites for hydroxylation is 1. The van der Waals surface area contributed by atoms with Crippen molar-refractivity contribution in [2.24, 2.45) is 5.92 Å². The summed E-state index contributed by atoms with van der Waals surface area (Å²) < 4.78 is 7.70. The number of nitrogens with one attached hydrogen (secondary N) is 1. The summed E-state index contributed by atoms with van der Waals surface area (Å²) >= 11 is 0. The summed E-state index contributed by atoms with van der Waals surface area (Å²) in [4.78, 5) is 13.5. The Morgan fingerprint density at radius 2 is 1.62 bits per heavy atom. The number of ether oxygens (including phenoxy) is 1. The van der Waals surface area contributed by atoms with E-state index in [0.717, 1.165) is 16.8 Å². The average molecular weight is 453 g/mol. The second-order valence-corrected chi connectivity index (χ2v) is 8.71. The van der Waals surface area contributed by atoms with Gasteiger partial charge in [0.1, 0.15) is 5.69 Å². The van der Waals surface area contributed by atoms with Gasteiger partial charge in [-0.05, 0) is 35.1 Å². The number of aromatic nitrogens is 3. The van der Waals surface area contributed by atoms with Gasteiger partial charge in [-0.3, -0.25) is 9.48 Å². The zero-order valence-electron chi connectivity index (χ0n) is 19.0. The van der Waals surface area contributed by atoms with Crippen molar-refractivity contribution in [3.05, 3.63) is 108 Å². The van der Waals surface area contributed by atoms with Crippen LogP contribution in [-0.2, 0) is 29.1 Å². The van der Waals surface area contributed by atoms with Gasteiger partial charge in [0.15, 0.2) is 0 Å². The Morgan fingerprint density at radius 3 is 2.38 bits per heavy atom. The minimum Gasteiger partial charge on any atom is -0.373 e. The minimum atomic E-state index is -0.217. The molecule has 0 aliphatic carbocycles. The van der Waals surface area contributed by atoms with Crippen LogP contribution in [0.25, 0.3) is 11.1 Å². The number of hydrogen-bond acceptors (Lipinski definition) is 4. The maximum atomic E-state index is 13.5. The van der Waals surface area contributed by atoms with Gasteiger partial charge in [-0.25, -0.2) is 0 Å². The molecule has 2 atom stereocenters. The highest BCUT2D eigenvalue weighted by Gasteiger charge is 2.24. The number of benzene rings is 3. The highest BCUT2D eigenvalue weighted by atomic mass is 16.5. The van der Waals surface area contributed by atoms with Crippen molar-refractivity contribution in [3.8, 4) is 11.1 Å². The van der Waals surface area contributed by atoms with Gasteiger partial charge in [-0.1, -0.05) is 90.1 Å². The summed E-state index contributed by atoms with van der Waals surface area (Å²) in [6, 6.07) is 28.6. The number of carbonyl (C=O) groups excluding carboxylic acids is 1. The SMILES string of the molecule is O=C1N[C@@H](c2ccccc2)COCc2cn(nn2)CC[C@H]1Cc1ccc(-c2ccccc2)cc1. The van der Waals surface area contributed by atoms with Gasteiger partial charge in [0, 0.05) is 12.5 Å². The molecule has 6 heteroatoms. The average Bonchev–Trinajstić information content (AvgIpc) is 3.34. The number of hydrogen-bond donors (Lipinski definition) is 1. The second-order valence-electron chi connectivity index (χ2n) is 8.71. The first kappa shape index (κ1) is 22.0. The third kappa shape index (κ3) is 5.41. The van der Waals surface area contributed by atoms with Crippen LogP contribution in [-0.4, -0.2) is 27.5 Å². The van der Waals surface area contributed by atoms with Crippen LogP contribution in [0, 0.1) is 5.92 Å². The van der Waals surface area contributed by atoms with Crippen LogP contribution >= 0.6 is 0 Å². The summed E-state index contributed by atoms with van der Waals surface area (Å²) in [5.41, 5.74) is 5.32. The van der Waals surface area contributed by atoms with E-state index in [0.29, 0.717) is 32.6 Å². The van der Waals surface area contributed by atoms with E-state index in [1.54, 1.807) is 4.68 Å². The third-order valence-corrected chi connectivity index (χ3v) is 6.26. The molecule has 1 amide bonds. The highest BCUT2D eigenvalue weighted by molar-refractivity contribution is 5.79. The van der Waals surface area contributed by atoms with Crippen molar-refractivity contribution in [1.29, 1.82) is 0 Å². The molecule has 0 spiro atoms. The molecule has 1 aliphatic rings. The van der Waals surface area contributed by atoms with Gasteiger partial charge in [-0.2, -0.15) is 0 Å². The molecule has 2 heterocycles. The van der Waals surface area contributed by atoms with E-state index in [1.807, 2.05) is 54.7 Å². The van der Waals surface area contributed by atoms with Gasteiger partial charge in [0.25, 0.3) is 0 Å². The van der Waals surface area contributed by atoms with Crippen LogP contribution in [0.1, 0.15) is 29.3 Å². The van der Waals surface area contributed by atoms with Crippen molar-refractivity contribution in [3.63, 3.8) is 0 Å². The van der Waals surface area contributed by atoms with Crippen LogP contribution in [0.3, 0.4) is 0 Å². The Balaban J connectivity index is 1.37. The van der Waals surface area contributed by atoms with Crippen LogP contribution in [0.2, 0.25) is 0 Å². The Kier molecular flexibility index (Phi) is 6.77. The molecule has 0 saturated carbocycles. The molecule has 3 aromatic carbocycles. The quantitative estimate of drug-likeness (QED) is 0.492. The molecule has 34 heavy (non-hydrogen) atoms. The maximum Gasteiger partial charge on any atom is 0.224 e. The Hall–Kier alpha value is -3.77. The largest absolute Gasteiger partial charge is 0.373 e. The van der Waals surface area contributed by atoms with Crippen molar-refractivity contribution in [2.75, 3.05) is 6.61 Å². The van der Waals surface area contributed by atoms with Crippen LogP contribution in [0.5, 0.6) is 0 Å². The normalized spacial score (nSPS) is 19.0. The van der Waals surface area contributed by atoms with E-state index in [4.69, 9.17) is 4.74 Å². The first-order valence-electron chi connectivity index (χ1n) is 11.7. The van der Waals surface area contributed by atoms with Crippen LogP contribution in [0.15, 0.2) is 91.1 Å². The molecule has 0 unspecified atom stereocenters. The van der Waals surface area contributed by atoms with Gasteiger partial charge in [-0.15, -0.1) is 5.10 Å². The molecule has 1 aromatic heterocycles. The maximum absolute atomic E-state index is 13.5. The van der Waals surface area contributed by atoms with Crippen molar-refractivity contribution >= 4 is 5.91 Å². The molecule has 0 fully saturated rings. The lowest BCUT2D eigenvalue weighted by Crippen LogP contribution is -2.37. The van der Waals surface area contributed by atoms with E-state index < -0.39 is 0 Å². The standard InChI is InChI=1S/C28H28N4O2/c33-28-25(17-21-11-13-23(14-12-21)22-7-3-1-4-8-22)15-16-32-18-26(30-31-32)19-34-20-27(29-28)24-9-5-2-6-10-24/h1-14,18,25,27H,15-17,19-20H2,(H,29,33)/t25-,27+/m0/s1. The van der Waals surface area contributed by atoms with Crippen molar-refractivity contribution < 1.29 is 9.53 Å². The lowest BCUT2D eigenvalue weighted by Gasteiger charge is -2.24. The van der Waals surface area contributed by atoms with E-state index in [-0.39, 0.29) is 17.9 Å². The van der Waals surface area contributed by atoms with E-state index in [9.17, 15) is 4.79 Å². The zero-order chi connectivity index (χ0) is 23.2. The molecule has 6 nitrogen and oxygen atoms in total. The fraction of sp³-hybridized carbons (Fsp3) is 0.250. The van der Waals surface area contributed by atoms with Gasteiger partial charge in [0.05, 0.1) is 25.5 Å². The van der Waals surface area contributed by atoms with Crippen molar-refractivity contribution in [2.45, 2.75) is 32.0 Å². The van der Waals surface area contributed by atoms with E-state index >= 15 is 0 Å². The number of amides is 1. The molecule has 2 bridgehead atoms. The Morgan fingerprint density at radius 1 is 0.912 bits per heavy atom. The van der Waals surface area contributed by atoms with Crippen LogP contribution < -0.4 is 5.32 Å². The Bertz CT molecular complexity index is 1210. The molecular weight excluding hydrogens is 424 g/mol. The molecular formula is C28H28N4O2. The van der Waals surface area contributed by atoms with E-state index in [1.165, 1.54) is 11.1 Å². The molecule has 1 N–H and O–H groups in total. The first-order chi connectivity index (χ1) is 16.7. The minimum absolute atomic E-state index is 0.0329. The zero-order valence-corrected chi connectivity index (χ0v) is 19.0. The smallest absolute Gasteiger partial charge is 0.224 e. The number of rotatable bonds is 4. The number of nitrogens with zero attached hydrogens (tertiary/aromatic N) is 3. The topological polar surface area (TPSA) is 69.0 Å². The molecule has 0 radical (unpaired) electrons. The third-order valence-electron chi connectivity index (χ3n) is 6.26. The summed E-state index contributed by atoms with van der Waals surface area (Å²) in [5.74, 6) is -0.161. The predicted octanol–water partition coefficient (Wildman–Crippen LogP) is 4.58. The second kappa shape index (κ2) is 10.4. The molecule has 0 saturated heterocycles. The fourth-order valence-corrected chi connectivity index (χ4v) is 4.35. The highest BCUT2D eigenvalue weighted by Crippen LogP contribution is 2.23. The molecule has 5 rings (SSSR count). The monoisotopic (exact) mass is 452 g/mol. The van der Waals surface area contributed by atoms with Gasteiger partial charge < -0.3 is 10.1 Å². The molecule has 4 aromatic rings. The van der Waals surface area contributed by atoms with Crippen molar-refractivity contribution in [1.82, 2.24) is 20.3 Å². The van der Waals surface area contributed by atoms with Gasteiger partial charge >= 0.3 is 0 Å². The number of carbonyl (C=O) groups is 1. The lowest BCUT2D eigenvalue weighted by molar-refractivity contribution is -0.126. The molecule has 1 aliphatic heterocycles. The lowest BCUT2D eigenvalue weighted by atomic mass is 9.93. The predicted molar refractivity (Wildman–Crippen MR) is 131 cm³/mol.